The van der Waals surface area contributed by atoms with Crippen molar-refractivity contribution in [3.8, 4) is 5.75 Å². The number of carbonyl (C=O) groups excluding carboxylic acids is 3. The monoisotopic (exact) mass is 400 g/mol. The molecule has 0 bridgehead atoms. The van der Waals surface area contributed by atoms with Crippen LogP contribution in [-0.4, -0.2) is 35.5 Å². The number of carboxylic acid groups (broad SMARTS) is 1. The number of hydrogen-bond acceptors (Lipinski definition) is 5. The second-order valence-electron chi connectivity index (χ2n) is 5.69. The number of nitrogens with zero attached hydrogens (tertiary/aromatic N) is 1. The summed E-state index contributed by atoms with van der Waals surface area (Å²) in [5.74, 6) is -2.54. The molecule has 1 fully saturated rings. The zero-order chi connectivity index (χ0) is 20.3. The highest BCUT2D eigenvalue weighted by atomic mass is 35.5. The SMILES string of the molecule is O=C(O)COc1cccc(/C=C2/C(=O)NC(=O)N(c3cccc(Cl)c3)C2=O)c1. The van der Waals surface area contributed by atoms with Gasteiger partial charge >= 0.3 is 12.0 Å². The van der Waals surface area contributed by atoms with E-state index in [2.05, 4.69) is 5.32 Å². The predicted octanol–water partition coefficient (Wildman–Crippen LogP) is 2.47. The van der Waals surface area contributed by atoms with E-state index in [1.54, 1.807) is 24.3 Å². The molecule has 0 atom stereocenters. The smallest absolute Gasteiger partial charge is 0.341 e. The molecule has 2 aromatic carbocycles. The minimum atomic E-state index is -1.14. The van der Waals surface area contributed by atoms with Gasteiger partial charge in [0.1, 0.15) is 11.3 Å². The first-order valence-corrected chi connectivity index (χ1v) is 8.34. The summed E-state index contributed by atoms with van der Waals surface area (Å²) in [5, 5.41) is 11.1. The van der Waals surface area contributed by atoms with E-state index in [-0.39, 0.29) is 17.0 Å². The summed E-state index contributed by atoms with van der Waals surface area (Å²) in [6.07, 6.45) is 1.29. The Morgan fingerprint density at radius 1 is 1.14 bits per heavy atom. The van der Waals surface area contributed by atoms with E-state index in [0.29, 0.717) is 10.6 Å². The van der Waals surface area contributed by atoms with E-state index in [1.165, 1.54) is 30.3 Å². The Balaban J connectivity index is 1.93. The van der Waals surface area contributed by atoms with Crippen molar-refractivity contribution in [3.63, 3.8) is 0 Å². The number of ether oxygens (including phenoxy) is 1. The highest BCUT2D eigenvalue weighted by molar-refractivity contribution is 6.39. The van der Waals surface area contributed by atoms with Crippen LogP contribution in [-0.2, 0) is 14.4 Å². The topological polar surface area (TPSA) is 113 Å². The number of carbonyl (C=O) groups is 4. The lowest BCUT2D eigenvalue weighted by atomic mass is 10.1. The van der Waals surface area contributed by atoms with Gasteiger partial charge in [-0.25, -0.2) is 14.5 Å². The molecule has 0 saturated carbocycles. The van der Waals surface area contributed by atoms with Crippen LogP contribution in [0.15, 0.2) is 54.1 Å². The van der Waals surface area contributed by atoms with Gasteiger partial charge in [-0.2, -0.15) is 0 Å². The van der Waals surface area contributed by atoms with E-state index in [0.717, 1.165) is 4.90 Å². The molecule has 28 heavy (non-hydrogen) atoms. The van der Waals surface area contributed by atoms with E-state index in [1.807, 2.05) is 0 Å². The first-order chi connectivity index (χ1) is 13.3. The van der Waals surface area contributed by atoms with Crippen LogP contribution in [0.1, 0.15) is 5.56 Å². The van der Waals surface area contributed by atoms with Crippen LogP contribution in [0.2, 0.25) is 5.02 Å². The molecular formula is C19H13ClN2O6. The Morgan fingerprint density at radius 3 is 2.61 bits per heavy atom. The van der Waals surface area contributed by atoms with E-state index >= 15 is 0 Å². The number of halogens is 1. The van der Waals surface area contributed by atoms with Crippen LogP contribution in [0, 0.1) is 0 Å². The summed E-state index contributed by atoms with van der Waals surface area (Å²) >= 11 is 5.92. The second-order valence-corrected chi connectivity index (χ2v) is 6.13. The number of rotatable bonds is 5. The molecule has 0 aliphatic carbocycles. The number of imide groups is 2. The van der Waals surface area contributed by atoms with Crippen molar-refractivity contribution in [3.05, 3.63) is 64.7 Å². The maximum Gasteiger partial charge on any atom is 0.341 e. The highest BCUT2D eigenvalue weighted by Crippen LogP contribution is 2.25. The summed E-state index contributed by atoms with van der Waals surface area (Å²) in [7, 11) is 0. The van der Waals surface area contributed by atoms with Gasteiger partial charge in [-0.1, -0.05) is 29.8 Å². The van der Waals surface area contributed by atoms with Crippen LogP contribution in [0.25, 0.3) is 6.08 Å². The third kappa shape index (κ3) is 4.18. The zero-order valence-corrected chi connectivity index (χ0v) is 15.0. The van der Waals surface area contributed by atoms with Gasteiger partial charge in [-0.3, -0.25) is 14.9 Å². The summed E-state index contributed by atoms with van der Waals surface area (Å²) in [4.78, 5) is 48.5. The lowest BCUT2D eigenvalue weighted by Gasteiger charge is -2.26. The normalized spacial score (nSPS) is 15.5. The molecule has 8 nitrogen and oxygen atoms in total. The van der Waals surface area contributed by atoms with E-state index in [9.17, 15) is 19.2 Å². The minimum Gasteiger partial charge on any atom is -0.482 e. The summed E-state index contributed by atoms with van der Waals surface area (Å²) in [5.41, 5.74) is 0.365. The summed E-state index contributed by atoms with van der Waals surface area (Å²) in [6, 6.07) is 11.4. The quantitative estimate of drug-likeness (QED) is 0.588. The van der Waals surface area contributed by atoms with Crippen LogP contribution < -0.4 is 15.0 Å². The largest absolute Gasteiger partial charge is 0.482 e. The van der Waals surface area contributed by atoms with Gasteiger partial charge in [-0.05, 0) is 42.0 Å². The van der Waals surface area contributed by atoms with E-state index in [4.69, 9.17) is 21.4 Å². The lowest BCUT2D eigenvalue weighted by molar-refractivity contribution is -0.139. The molecule has 1 aliphatic heterocycles. The second kappa shape index (κ2) is 7.93. The molecule has 2 aromatic rings. The fraction of sp³-hybridized carbons (Fsp3) is 0.0526. The maximum atomic E-state index is 12.8. The molecule has 142 valence electrons. The highest BCUT2D eigenvalue weighted by Gasteiger charge is 2.36. The van der Waals surface area contributed by atoms with Crippen molar-refractivity contribution in [2.24, 2.45) is 0 Å². The average Bonchev–Trinajstić information content (AvgIpc) is 2.64. The number of aliphatic carboxylic acids is 1. The molecule has 0 radical (unpaired) electrons. The van der Waals surface area contributed by atoms with E-state index < -0.39 is 30.4 Å². The molecule has 1 aliphatic rings. The number of nitrogens with one attached hydrogen (secondary N) is 1. The van der Waals surface area contributed by atoms with Gasteiger partial charge in [0.15, 0.2) is 6.61 Å². The Bertz CT molecular complexity index is 1020. The first-order valence-electron chi connectivity index (χ1n) is 7.97. The number of hydrogen-bond donors (Lipinski definition) is 2. The molecule has 0 aromatic heterocycles. The maximum absolute atomic E-state index is 12.8. The summed E-state index contributed by atoms with van der Waals surface area (Å²) < 4.78 is 5.08. The predicted molar refractivity (Wildman–Crippen MR) is 100 cm³/mol. The molecular weight excluding hydrogens is 388 g/mol. The zero-order valence-electron chi connectivity index (χ0n) is 14.2. The standard InChI is InChI=1S/C19H13ClN2O6/c20-12-4-2-5-13(9-12)22-18(26)15(17(25)21-19(22)27)8-11-3-1-6-14(7-11)28-10-16(23)24/h1-9H,10H2,(H,23,24)(H,21,25,27)/b15-8-. The molecule has 0 unspecified atom stereocenters. The third-order valence-electron chi connectivity index (χ3n) is 3.70. The van der Waals surface area contributed by atoms with Gasteiger partial charge < -0.3 is 9.84 Å². The average molecular weight is 401 g/mol. The third-order valence-corrected chi connectivity index (χ3v) is 3.93. The number of carboxylic acids is 1. The molecule has 3 rings (SSSR count). The number of urea groups is 1. The number of benzene rings is 2. The molecule has 1 saturated heterocycles. The van der Waals surface area contributed by atoms with Crippen molar-refractivity contribution in [2.75, 3.05) is 11.5 Å². The van der Waals surface area contributed by atoms with Gasteiger partial charge in [0, 0.05) is 5.02 Å². The van der Waals surface area contributed by atoms with Crippen LogP contribution >= 0.6 is 11.6 Å². The fourth-order valence-corrected chi connectivity index (χ4v) is 2.70. The van der Waals surface area contributed by atoms with Crippen LogP contribution in [0.3, 0.4) is 0 Å². The van der Waals surface area contributed by atoms with Crippen molar-refractivity contribution >= 4 is 47.2 Å². The van der Waals surface area contributed by atoms with Gasteiger partial charge in [0.25, 0.3) is 11.8 Å². The Hall–Kier alpha value is -3.65. The molecule has 4 amide bonds. The van der Waals surface area contributed by atoms with Crippen LogP contribution in [0.4, 0.5) is 10.5 Å². The molecule has 1 heterocycles. The number of barbiturate groups is 1. The van der Waals surface area contributed by atoms with Gasteiger partial charge in [0.05, 0.1) is 5.69 Å². The molecule has 2 N–H and O–H groups in total. The Morgan fingerprint density at radius 2 is 1.89 bits per heavy atom. The lowest BCUT2D eigenvalue weighted by Crippen LogP contribution is -2.54. The minimum absolute atomic E-state index is 0.215. The van der Waals surface area contributed by atoms with Gasteiger partial charge in [0.2, 0.25) is 0 Å². The molecule has 9 heteroatoms. The van der Waals surface area contributed by atoms with Gasteiger partial charge in [-0.15, -0.1) is 0 Å². The first kappa shape index (κ1) is 19.1. The fourth-order valence-electron chi connectivity index (χ4n) is 2.51. The van der Waals surface area contributed by atoms with Crippen molar-refractivity contribution < 1.29 is 29.0 Å². The van der Waals surface area contributed by atoms with Crippen molar-refractivity contribution in [1.82, 2.24) is 5.32 Å². The van der Waals surface area contributed by atoms with Crippen molar-refractivity contribution in [2.45, 2.75) is 0 Å². The molecule has 0 spiro atoms. The number of anilines is 1. The number of amides is 4. The van der Waals surface area contributed by atoms with Crippen LogP contribution in [0.5, 0.6) is 5.75 Å². The Labute approximate surface area is 164 Å². The summed E-state index contributed by atoms with van der Waals surface area (Å²) in [6.45, 7) is -0.531. The Kier molecular flexibility index (Phi) is 5.42. The van der Waals surface area contributed by atoms with Crippen molar-refractivity contribution in [1.29, 1.82) is 0 Å².